The first-order chi connectivity index (χ1) is 15.0. The third-order valence-electron chi connectivity index (χ3n) is 5.54. The molecule has 3 heterocycles. The molecule has 0 unspecified atom stereocenters. The van der Waals surface area contributed by atoms with Crippen molar-refractivity contribution in [2.75, 3.05) is 51.2 Å². The molecular formula is C21H29IN6O3S. The number of aliphatic imine (C=N–C) groups is 1. The first-order valence-corrected chi connectivity index (χ1v) is 12.0. The van der Waals surface area contributed by atoms with Crippen LogP contribution in [0.4, 0.5) is 5.69 Å². The van der Waals surface area contributed by atoms with Crippen molar-refractivity contribution in [1.29, 1.82) is 0 Å². The molecule has 1 fully saturated rings. The Morgan fingerprint density at radius 3 is 2.38 bits per heavy atom. The van der Waals surface area contributed by atoms with E-state index in [1.165, 1.54) is 21.8 Å². The number of anilines is 1. The second kappa shape index (κ2) is 11.1. The average Bonchev–Trinajstić information content (AvgIpc) is 3.49. The summed E-state index contributed by atoms with van der Waals surface area (Å²) in [6, 6.07) is 10.1. The van der Waals surface area contributed by atoms with E-state index >= 15 is 0 Å². The van der Waals surface area contributed by atoms with Crippen molar-refractivity contribution in [3.63, 3.8) is 0 Å². The van der Waals surface area contributed by atoms with Gasteiger partial charge in [0.1, 0.15) is 12.0 Å². The van der Waals surface area contributed by atoms with Crippen molar-refractivity contribution in [3.05, 3.63) is 60.0 Å². The summed E-state index contributed by atoms with van der Waals surface area (Å²) >= 11 is 0. The topological polar surface area (TPSA) is 94.3 Å². The van der Waals surface area contributed by atoms with E-state index in [1.807, 2.05) is 0 Å². The van der Waals surface area contributed by atoms with Gasteiger partial charge in [0.25, 0.3) is 0 Å². The average molecular weight is 572 g/mol. The Bertz CT molecular complexity index is 1010. The summed E-state index contributed by atoms with van der Waals surface area (Å²) in [5.74, 6) is 0.640. The van der Waals surface area contributed by atoms with E-state index in [2.05, 4.69) is 61.7 Å². The van der Waals surface area contributed by atoms with Crippen molar-refractivity contribution in [2.45, 2.75) is 12.3 Å². The summed E-state index contributed by atoms with van der Waals surface area (Å²) in [6.45, 7) is 4.58. The van der Waals surface area contributed by atoms with Gasteiger partial charge in [0.05, 0.1) is 5.69 Å². The molecule has 0 atom stereocenters. The Morgan fingerprint density at radius 1 is 1.09 bits per heavy atom. The van der Waals surface area contributed by atoms with Gasteiger partial charge in [-0.1, -0.05) is 29.4 Å². The summed E-state index contributed by atoms with van der Waals surface area (Å²) < 4.78 is 31.5. The van der Waals surface area contributed by atoms with Gasteiger partial charge in [-0.05, 0) is 17.7 Å². The maximum absolute atomic E-state index is 12.6. The number of halogens is 1. The molecule has 2 aromatic rings. The summed E-state index contributed by atoms with van der Waals surface area (Å²) in [4.78, 5) is 8.78. The number of nitrogens with one attached hydrogen (secondary N) is 1. The Balaban J connectivity index is 0.00000289. The van der Waals surface area contributed by atoms with Crippen LogP contribution >= 0.6 is 24.0 Å². The molecular weight excluding hydrogens is 543 g/mol. The Hall–Kier alpha value is -2.12. The van der Waals surface area contributed by atoms with Crippen LogP contribution in [0.3, 0.4) is 0 Å². The number of hydrogen-bond donors (Lipinski definition) is 1. The van der Waals surface area contributed by atoms with Crippen LogP contribution in [-0.2, 0) is 22.3 Å². The van der Waals surface area contributed by atoms with E-state index in [9.17, 15) is 8.42 Å². The third kappa shape index (κ3) is 6.01. The van der Waals surface area contributed by atoms with Gasteiger partial charge in [-0.2, -0.15) is 4.31 Å². The van der Waals surface area contributed by atoms with Crippen LogP contribution in [0, 0.1) is 0 Å². The zero-order chi connectivity index (χ0) is 21.7. The molecule has 0 saturated carbocycles. The van der Waals surface area contributed by atoms with E-state index in [0.717, 1.165) is 19.0 Å². The molecule has 0 aliphatic carbocycles. The minimum absolute atomic E-state index is 0. The normalized spacial score (nSPS) is 17.5. The van der Waals surface area contributed by atoms with Crippen LogP contribution < -0.4 is 10.2 Å². The largest absolute Gasteiger partial charge is 0.364 e. The zero-order valence-electron chi connectivity index (χ0n) is 18.1. The molecule has 0 radical (unpaired) electrons. The number of aromatic nitrogens is 1. The molecule has 2 aliphatic rings. The van der Waals surface area contributed by atoms with Gasteiger partial charge in [-0.15, -0.1) is 24.0 Å². The fourth-order valence-corrected chi connectivity index (χ4v) is 5.22. The quantitative estimate of drug-likeness (QED) is 0.245. The van der Waals surface area contributed by atoms with Gasteiger partial charge in [-0.3, -0.25) is 4.99 Å². The van der Waals surface area contributed by atoms with Crippen LogP contribution in [0.5, 0.6) is 0 Å². The number of hydrogen-bond acceptors (Lipinski definition) is 6. The fourth-order valence-electron chi connectivity index (χ4n) is 3.80. The van der Waals surface area contributed by atoms with Crippen LogP contribution in [0.1, 0.15) is 11.3 Å². The molecule has 11 heteroatoms. The van der Waals surface area contributed by atoms with Crippen molar-refractivity contribution < 1.29 is 12.9 Å². The summed E-state index contributed by atoms with van der Waals surface area (Å²) in [7, 11) is -1.66. The van der Waals surface area contributed by atoms with Crippen LogP contribution in [0.25, 0.3) is 0 Å². The zero-order valence-corrected chi connectivity index (χ0v) is 21.2. The van der Waals surface area contributed by atoms with E-state index in [4.69, 9.17) is 4.52 Å². The molecule has 2 aliphatic heterocycles. The van der Waals surface area contributed by atoms with Crippen LogP contribution in [0.2, 0.25) is 0 Å². The molecule has 32 heavy (non-hydrogen) atoms. The van der Waals surface area contributed by atoms with Gasteiger partial charge >= 0.3 is 0 Å². The van der Waals surface area contributed by atoms with Crippen LogP contribution in [0.15, 0.2) is 58.3 Å². The minimum Gasteiger partial charge on any atom is -0.364 e. The molecule has 0 spiro atoms. The molecule has 4 rings (SSSR count). The van der Waals surface area contributed by atoms with Crippen molar-refractivity contribution in [1.82, 2.24) is 19.7 Å². The van der Waals surface area contributed by atoms with Crippen molar-refractivity contribution in [2.24, 2.45) is 4.99 Å². The Morgan fingerprint density at radius 2 is 1.78 bits per heavy atom. The van der Waals surface area contributed by atoms with Gasteiger partial charge in [0.2, 0.25) is 10.0 Å². The lowest BCUT2D eigenvalue weighted by Crippen LogP contribution is -2.53. The first-order valence-electron chi connectivity index (χ1n) is 10.4. The molecule has 9 nitrogen and oxygen atoms in total. The fraction of sp³-hybridized carbons (Fsp3) is 0.429. The van der Waals surface area contributed by atoms with Crippen molar-refractivity contribution >= 4 is 45.6 Å². The smallest absolute Gasteiger partial charge is 0.220 e. The number of sulfonamides is 1. The molecule has 0 bridgehead atoms. The third-order valence-corrected chi connectivity index (χ3v) is 7.35. The predicted octanol–water partition coefficient (Wildman–Crippen LogP) is 1.89. The molecule has 174 valence electrons. The predicted molar refractivity (Wildman–Crippen MR) is 136 cm³/mol. The second-order valence-electron chi connectivity index (χ2n) is 7.58. The monoisotopic (exact) mass is 572 g/mol. The highest BCUT2D eigenvalue weighted by molar-refractivity contribution is 14.0. The highest BCUT2D eigenvalue weighted by atomic mass is 127. The maximum atomic E-state index is 12.6. The first kappa shape index (κ1) is 24.5. The number of benzene rings is 1. The maximum Gasteiger partial charge on any atom is 0.220 e. The summed E-state index contributed by atoms with van der Waals surface area (Å²) in [6.07, 6.45) is 5.74. The van der Waals surface area contributed by atoms with Gasteiger partial charge in [-0.25, -0.2) is 8.42 Å². The Labute approximate surface area is 206 Å². The SMILES string of the molecule is CN=C(NCc1ccc(N2CC=CC2)cc1)N1CCN(S(=O)(=O)Cc2ccon2)CC1.I. The summed E-state index contributed by atoms with van der Waals surface area (Å²) in [5, 5.41) is 7.10. The van der Waals surface area contributed by atoms with Gasteiger partial charge in [0, 0.05) is 64.6 Å². The molecule has 1 saturated heterocycles. The van der Waals surface area contributed by atoms with Gasteiger partial charge in [0.15, 0.2) is 5.96 Å². The molecule has 1 aromatic carbocycles. The highest BCUT2D eigenvalue weighted by Crippen LogP contribution is 2.18. The minimum atomic E-state index is -3.41. The van der Waals surface area contributed by atoms with Crippen LogP contribution in [-0.4, -0.2) is 75.1 Å². The number of rotatable bonds is 6. The standard InChI is InChI=1S/C21H28N6O3S.HI/c1-22-21(23-16-18-4-6-20(7-5-18)25-9-2-3-10-25)26-11-13-27(14-12-26)31(28,29)17-19-8-15-30-24-19;/h2-8,15H,9-14,16-17H2,1H3,(H,22,23);1H. The summed E-state index contributed by atoms with van der Waals surface area (Å²) in [5.41, 5.74) is 2.82. The molecule has 1 N–H and O–H groups in total. The van der Waals surface area contributed by atoms with E-state index in [1.54, 1.807) is 13.1 Å². The van der Waals surface area contributed by atoms with Gasteiger partial charge < -0.3 is 19.6 Å². The second-order valence-corrected chi connectivity index (χ2v) is 9.55. The lowest BCUT2D eigenvalue weighted by Gasteiger charge is -2.35. The number of guanidine groups is 1. The Kier molecular flexibility index (Phi) is 8.54. The highest BCUT2D eigenvalue weighted by Gasteiger charge is 2.29. The lowest BCUT2D eigenvalue weighted by atomic mass is 10.2. The van der Waals surface area contributed by atoms with E-state index in [0.29, 0.717) is 38.4 Å². The number of nitrogens with zero attached hydrogens (tertiary/aromatic N) is 5. The van der Waals surface area contributed by atoms with E-state index < -0.39 is 10.0 Å². The van der Waals surface area contributed by atoms with E-state index in [-0.39, 0.29) is 29.7 Å². The molecule has 1 aromatic heterocycles. The van der Waals surface area contributed by atoms with Crippen molar-refractivity contribution in [3.8, 4) is 0 Å². The molecule has 0 amide bonds. The lowest BCUT2D eigenvalue weighted by molar-refractivity contribution is 0.259. The number of piperazine rings is 1.